The van der Waals surface area contributed by atoms with E-state index in [1.807, 2.05) is 6.08 Å². The third-order valence-electron chi connectivity index (χ3n) is 4.35. The number of hydrogen-bond acceptors (Lipinski definition) is 1. The maximum atomic E-state index is 12.1. The van der Waals surface area contributed by atoms with Gasteiger partial charge in [0.05, 0.1) is 0 Å². The molecule has 0 aliphatic carbocycles. The quantitative estimate of drug-likeness (QED) is 0.252. The number of allylic oxidation sites excluding steroid dienone is 1. The standard InChI is InChI=1S/C23H27ClO/c1-2-3-4-5-6-7-8-19-9-11-20(12-10-19)13-18-23(25)21-14-16-22(24)17-15-21/h9-18H,2-8H2,1H3. The summed E-state index contributed by atoms with van der Waals surface area (Å²) in [6.45, 7) is 2.25. The molecule has 0 radical (unpaired) electrons. The highest BCUT2D eigenvalue weighted by Crippen LogP contribution is 2.13. The fourth-order valence-corrected chi connectivity index (χ4v) is 2.91. The Kier molecular flexibility index (Phi) is 8.48. The van der Waals surface area contributed by atoms with Crippen molar-refractivity contribution in [2.24, 2.45) is 0 Å². The van der Waals surface area contributed by atoms with Crippen LogP contribution in [0.5, 0.6) is 0 Å². The van der Waals surface area contributed by atoms with E-state index in [0.717, 1.165) is 12.0 Å². The highest BCUT2D eigenvalue weighted by molar-refractivity contribution is 6.30. The third kappa shape index (κ3) is 7.27. The van der Waals surface area contributed by atoms with Crippen molar-refractivity contribution < 1.29 is 4.79 Å². The van der Waals surface area contributed by atoms with Gasteiger partial charge in [-0.05, 0) is 54.3 Å². The lowest BCUT2D eigenvalue weighted by Crippen LogP contribution is -1.93. The van der Waals surface area contributed by atoms with Crippen LogP contribution in [0.3, 0.4) is 0 Å². The minimum absolute atomic E-state index is 0.00665. The number of aryl methyl sites for hydroxylation is 1. The SMILES string of the molecule is CCCCCCCCc1ccc(C=CC(=O)c2ccc(Cl)cc2)cc1. The van der Waals surface area contributed by atoms with Crippen LogP contribution < -0.4 is 0 Å². The maximum Gasteiger partial charge on any atom is 0.185 e. The summed E-state index contributed by atoms with van der Waals surface area (Å²) < 4.78 is 0. The molecule has 2 heteroatoms. The van der Waals surface area contributed by atoms with Crippen molar-refractivity contribution >= 4 is 23.5 Å². The summed E-state index contributed by atoms with van der Waals surface area (Å²) in [4.78, 5) is 12.1. The summed E-state index contributed by atoms with van der Waals surface area (Å²) in [5, 5.41) is 0.640. The summed E-state index contributed by atoms with van der Waals surface area (Å²) in [5.74, 6) is -0.00665. The van der Waals surface area contributed by atoms with Gasteiger partial charge in [-0.3, -0.25) is 4.79 Å². The summed E-state index contributed by atoms with van der Waals surface area (Å²) in [6.07, 6.45) is 12.6. The molecule has 0 atom stereocenters. The predicted octanol–water partition coefficient (Wildman–Crippen LogP) is 7.14. The van der Waals surface area contributed by atoms with Gasteiger partial charge >= 0.3 is 0 Å². The average molecular weight is 355 g/mol. The lowest BCUT2D eigenvalue weighted by molar-refractivity contribution is 0.104. The molecule has 0 saturated carbocycles. The molecule has 0 aromatic heterocycles. The zero-order valence-corrected chi connectivity index (χ0v) is 15.8. The highest BCUT2D eigenvalue weighted by atomic mass is 35.5. The van der Waals surface area contributed by atoms with E-state index in [1.54, 1.807) is 30.3 Å². The van der Waals surface area contributed by atoms with Gasteiger partial charge in [-0.1, -0.05) is 81.0 Å². The molecule has 1 nitrogen and oxygen atoms in total. The molecule has 0 fully saturated rings. The van der Waals surface area contributed by atoms with Crippen molar-refractivity contribution in [2.75, 3.05) is 0 Å². The number of halogens is 1. The van der Waals surface area contributed by atoms with Gasteiger partial charge < -0.3 is 0 Å². The molecule has 0 spiro atoms. The van der Waals surface area contributed by atoms with E-state index in [9.17, 15) is 4.79 Å². The van der Waals surface area contributed by atoms with Crippen molar-refractivity contribution in [3.05, 3.63) is 76.3 Å². The molecule has 0 heterocycles. The number of rotatable bonds is 10. The molecule has 0 unspecified atom stereocenters. The van der Waals surface area contributed by atoms with E-state index >= 15 is 0 Å². The van der Waals surface area contributed by atoms with Crippen LogP contribution in [0.2, 0.25) is 5.02 Å². The normalized spacial score (nSPS) is 11.1. The monoisotopic (exact) mass is 354 g/mol. The molecule has 0 aliphatic heterocycles. The first-order chi connectivity index (χ1) is 12.2. The van der Waals surface area contributed by atoms with Crippen molar-refractivity contribution in [3.63, 3.8) is 0 Å². The summed E-state index contributed by atoms with van der Waals surface area (Å²) in [5.41, 5.74) is 3.08. The van der Waals surface area contributed by atoms with Crippen molar-refractivity contribution in [1.82, 2.24) is 0 Å². The van der Waals surface area contributed by atoms with Crippen molar-refractivity contribution in [1.29, 1.82) is 0 Å². The first kappa shape index (κ1) is 19.5. The molecular formula is C23H27ClO. The van der Waals surface area contributed by atoms with Gasteiger partial charge in [-0.2, -0.15) is 0 Å². The Hall–Kier alpha value is -1.86. The largest absolute Gasteiger partial charge is 0.289 e. The maximum absolute atomic E-state index is 12.1. The number of ketones is 1. The van der Waals surface area contributed by atoms with Crippen molar-refractivity contribution in [2.45, 2.75) is 51.9 Å². The van der Waals surface area contributed by atoms with E-state index in [2.05, 4.69) is 31.2 Å². The van der Waals surface area contributed by atoms with E-state index in [0.29, 0.717) is 10.6 Å². The van der Waals surface area contributed by atoms with Gasteiger partial charge in [0.15, 0.2) is 5.78 Å². The zero-order valence-electron chi connectivity index (χ0n) is 15.0. The second kappa shape index (κ2) is 10.9. The second-order valence-corrected chi connectivity index (χ2v) is 6.90. The number of carbonyl (C=O) groups excluding carboxylic acids is 1. The molecule has 2 aromatic carbocycles. The summed E-state index contributed by atoms with van der Waals surface area (Å²) >= 11 is 5.84. The minimum Gasteiger partial charge on any atom is -0.289 e. The van der Waals surface area contributed by atoms with Gasteiger partial charge in [0.2, 0.25) is 0 Å². The van der Waals surface area contributed by atoms with Crippen LogP contribution in [0.1, 0.15) is 66.9 Å². The summed E-state index contributed by atoms with van der Waals surface area (Å²) in [6, 6.07) is 15.5. The minimum atomic E-state index is -0.00665. The van der Waals surface area contributed by atoms with Crippen LogP contribution in [0.15, 0.2) is 54.6 Å². The topological polar surface area (TPSA) is 17.1 Å². The molecule has 0 N–H and O–H groups in total. The van der Waals surface area contributed by atoms with E-state index in [1.165, 1.54) is 44.1 Å². The molecule has 0 amide bonds. The molecule has 25 heavy (non-hydrogen) atoms. The number of benzene rings is 2. The Labute approximate surface area is 156 Å². The average Bonchev–Trinajstić information content (AvgIpc) is 2.64. The Morgan fingerprint density at radius 2 is 1.52 bits per heavy atom. The Bertz CT molecular complexity index is 668. The van der Waals surface area contributed by atoms with E-state index < -0.39 is 0 Å². The molecule has 132 valence electrons. The first-order valence-electron chi connectivity index (χ1n) is 9.26. The van der Waals surface area contributed by atoms with Gasteiger partial charge in [-0.15, -0.1) is 0 Å². The molecular weight excluding hydrogens is 328 g/mol. The molecule has 2 rings (SSSR count). The Balaban J connectivity index is 1.79. The fourth-order valence-electron chi connectivity index (χ4n) is 2.79. The first-order valence-corrected chi connectivity index (χ1v) is 9.64. The van der Waals surface area contributed by atoms with Gasteiger partial charge in [0.1, 0.15) is 0 Å². The van der Waals surface area contributed by atoms with Crippen LogP contribution in [0.4, 0.5) is 0 Å². The van der Waals surface area contributed by atoms with E-state index in [4.69, 9.17) is 11.6 Å². The predicted molar refractivity (Wildman–Crippen MR) is 108 cm³/mol. The van der Waals surface area contributed by atoms with Crippen LogP contribution in [-0.2, 0) is 6.42 Å². The third-order valence-corrected chi connectivity index (χ3v) is 4.61. The molecule has 0 aliphatic rings. The Morgan fingerprint density at radius 3 is 2.20 bits per heavy atom. The van der Waals surface area contributed by atoms with Crippen LogP contribution >= 0.6 is 11.6 Å². The number of carbonyl (C=O) groups is 1. The lowest BCUT2D eigenvalue weighted by Gasteiger charge is -2.03. The van der Waals surface area contributed by atoms with Crippen molar-refractivity contribution in [3.8, 4) is 0 Å². The van der Waals surface area contributed by atoms with Crippen LogP contribution in [-0.4, -0.2) is 5.78 Å². The molecule has 0 saturated heterocycles. The van der Waals surface area contributed by atoms with Gasteiger partial charge in [-0.25, -0.2) is 0 Å². The van der Waals surface area contributed by atoms with Gasteiger partial charge in [0.25, 0.3) is 0 Å². The number of hydrogen-bond donors (Lipinski definition) is 0. The highest BCUT2D eigenvalue weighted by Gasteiger charge is 2.01. The van der Waals surface area contributed by atoms with E-state index in [-0.39, 0.29) is 5.78 Å². The zero-order chi connectivity index (χ0) is 17.9. The smallest absolute Gasteiger partial charge is 0.185 e. The lowest BCUT2D eigenvalue weighted by atomic mass is 10.0. The number of unbranched alkanes of at least 4 members (excludes halogenated alkanes) is 5. The fraction of sp³-hybridized carbons (Fsp3) is 0.348. The summed E-state index contributed by atoms with van der Waals surface area (Å²) in [7, 11) is 0. The van der Waals surface area contributed by atoms with Gasteiger partial charge in [0, 0.05) is 10.6 Å². The van der Waals surface area contributed by atoms with Crippen LogP contribution in [0.25, 0.3) is 6.08 Å². The molecule has 0 bridgehead atoms. The van der Waals surface area contributed by atoms with Crippen LogP contribution in [0, 0.1) is 0 Å². The Morgan fingerprint density at radius 1 is 0.880 bits per heavy atom. The molecule has 2 aromatic rings. The second-order valence-electron chi connectivity index (χ2n) is 6.46.